The lowest BCUT2D eigenvalue weighted by molar-refractivity contribution is -0.295. The lowest BCUT2D eigenvalue weighted by Crippen LogP contribution is -2.61. The third-order valence-corrected chi connectivity index (χ3v) is 12.4. The molecule has 5 aliphatic rings. The van der Waals surface area contributed by atoms with Crippen molar-refractivity contribution < 1.29 is 29.9 Å². The zero-order chi connectivity index (χ0) is 28.3. The Balaban J connectivity index is 1.30. The highest BCUT2D eigenvalue weighted by Crippen LogP contribution is 2.67. The Bertz CT molecular complexity index is 946. The van der Waals surface area contributed by atoms with E-state index in [-0.39, 0.29) is 18.1 Å². The molecule has 4 N–H and O–H groups in total. The topological polar surface area (TPSA) is 99.4 Å². The summed E-state index contributed by atoms with van der Waals surface area (Å²) in [5.41, 5.74) is 0.874. The SMILES string of the molecule is CC(C)[C@H](C)/C=C/[C@@H](C)C1CCC2C3=CC[C@@]4(O)C[C@@H](OC5OCC(O)C(O)C5O)CC[C@]4(C)C3CC[C@@]21C. The van der Waals surface area contributed by atoms with Crippen LogP contribution in [0.25, 0.3) is 0 Å². The highest BCUT2D eigenvalue weighted by molar-refractivity contribution is 5.31. The summed E-state index contributed by atoms with van der Waals surface area (Å²) in [5.74, 6) is 3.56. The van der Waals surface area contributed by atoms with Gasteiger partial charge in [-0.1, -0.05) is 65.3 Å². The van der Waals surface area contributed by atoms with Crippen LogP contribution in [0.2, 0.25) is 0 Å². The average Bonchev–Trinajstić information content (AvgIpc) is 3.25. The van der Waals surface area contributed by atoms with Gasteiger partial charge in [0.05, 0.1) is 18.3 Å². The summed E-state index contributed by atoms with van der Waals surface area (Å²) in [6.07, 6.45) is 10.1. The Morgan fingerprint density at radius 3 is 2.41 bits per heavy atom. The summed E-state index contributed by atoms with van der Waals surface area (Å²) in [4.78, 5) is 0. The van der Waals surface area contributed by atoms with Crippen LogP contribution >= 0.6 is 0 Å². The van der Waals surface area contributed by atoms with Crippen LogP contribution in [0.4, 0.5) is 0 Å². The quantitative estimate of drug-likeness (QED) is 0.351. The normalized spacial score (nSPS) is 49.8. The van der Waals surface area contributed by atoms with Gasteiger partial charge in [-0.15, -0.1) is 0 Å². The minimum absolute atomic E-state index is 0.0714. The van der Waals surface area contributed by atoms with Crippen LogP contribution in [0.1, 0.15) is 92.9 Å². The second-order valence-electron chi connectivity index (χ2n) is 14.8. The third kappa shape index (κ3) is 4.99. The van der Waals surface area contributed by atoms with Gasteiger partial charge in [0.1, 0.15) is 18.3 Å². The molecule has 222 valence electrons. The molecule has 3 saturated carbocycles. The van der Waals surface area contributed by atoms with E-state index < -0.39 is 30.2 Å². The maximum absolute atomic E-state index is 12.1. The highest BCUT2D eigenvalue weighted by Gasteiger charge is 2.62. The molecular formula is C33H54O6. The number of allylic oxidation sites excluding steroid dienone is 3. The van der Waals surface area contributed by atoms with Gasteiger partial charge in [-0.25, -0.2) is 0 Å². The summed E-state index contributed by atoms with van der Waals surface area (Å²) < 4.78 is 11.6. The Kier molecular flexibility index (Phi) is 8.24. The Hall–Kier alpha value is -0.760. The first-order valence-corrected chi connectivity index (χ1v) is 15.7. The van der Waals surface area contributed by atoms with Gasteiger partial charge < -0.3 is 29.9 Å². The number of hydrogen-bond donors (Lipinski definition) is 4. The number of rotatable bonds is 6. The maximum atomic E-state index is 12.1. The monoisotopic (exact) mass is 546 g/mol. The summed E-state index contributed by atoms with van der Waals surface area (Å²) in [6.45, 7) is 14.1. The second-order valence-corrected chi connectivity index (χ2v) is 14.8. The van der Waals surface area contributed by atoms with Gasteiger partial charge in [0, 0.05) is 11.8 Å². The fraction of sp³-hybridized carbons (Fsp3) is 0.879. The molecule has 1 aliphatic heterocycles. The van der Waals surface area contributed by atoms with Gasteiger partial charge >= 0.3 is 0 Å². The smallest absolute Gasteiger partial charge is 0.186 e. The molecule has 0 radical (unpaired) electrons. The first-order chi connectivity index (χ1) is 18.3. The largest absolute Gasteiger partial charge is 0.389 e. The van der Waals surface area contributed by atoms with Crippen molar-refractivity contribution in [2.45, 2.75) is 129 Å². The van der Waals surface area contributed by atoms with Crippen LogP contribution in [-0.4, -0.2) is 63.3 Å². The van der Waals surface area contributed by atoms with E-state index in [1.807, 2.05) is 0 Å². The van der Waals surface area contributed by atoms with Crippen LogP contribution in [0, 0.1) is 46.3 Å². The molecule has 0 aromatic carbocycles. The van der Waals surface area contributed by atoms with Gasteiger partial charge in [0.15, 0.2) is 6.29 Å². The van der Waals surface area contributed by atoms with E-state index >= 15 is 0 Å². The Labute approximate surface area is 235 Å². The number of hydrogen-bond acceptors (Lipinski definition) is 6. The zero-order valence-corrected chi connectivity index (χ0v) is 25.1. The van der Waals surface area contributed by atoms with Gasteiger partial charge in [-0.05, 0) is 85.9 Å². The van der Waals surface area contributed by atoms with Crippen molar-refractivity contribution in [1.29, 1.82) is 0 Å². The van der Waals surface area contributed by atoms with Crippen molar-refractivity contribution in [2.75, 3.05) is 6.61 Å². The standard InChI is InChI=1S/C33H54O6/c1-19(2)20(3)7-8-21(4)24-9-10-25-23-12-16-33(37)17-22(39-30-29(36)28(35)27(34)18-38-30)11-15-32(33,6)26(23)13-14-31(24,25)5/h7-8,12,19-22,24-30,34-37H,9-11,13-18H2,1-6H3/b8-7+/t20-,21-,22+,24?,25?,26?,27?,28?,29?,30?,31-,32-,33-/m1/s1. The number of fused-ring (bicyclic) bond motifs is 5. The van der Waals surface area contributed by atoms with E-state index in [2.05, 4.69) is 59.8 Å². The lowest BCUT2D eigenvalue weighted by Gasteiger charge is -2.61. The third-order valence-electron chi connectivity index (χ3n) is 12.4. The number of ether oxygens (including phenoxy) is 2. The summed E-state index contributed by atoms with van der Waals surface area (Å²) in [6, 6.07) is 0. The average molecular weight is 547 g/mol. The first kappa shape index (κ1) is 29.7. The first-order valence-electron chi connectivity index (χ1n) is 15.7. The Morgan fingerprint density at radius 1 is 0.949 bits per heavy atom. The van der Waals surface area contributed by atoms with Gasteiger partial charge in [-0.2, -0.15) is 0 Å². The van der Waals surface area contributed by atoms with E-state index in [0.29, 0.717) is 53.8 Å². The van der Waals surface area contributed by atoms with Crippen molar-refractivity contribution in [2.24, 2.45) is 46.3 Å². The van der Waals surface area contributed by atoms with Crippen LogP contribution < -0.4 is 0 Å². The maximum Gasteiger partial charge on any atom is 0.186 e. The summed E-state index contributed by atoms with van der Waals surface area (Å²) in [7, 11) is 0. The lowest BCUT2D eigenvalue weighted by atomic mass is 9.46. The molecule has 39 heavy (non-hydrogen) atoms. The van der Waals surface area contributed by atoms with E-state index in [4.69, 9.17) is 9.47 Å². The van der Waals surface area contributed by atoms with Crippen molar-refractivity contribution >= 4 is 0 Å². The zero-order valence-electron chi connectivity index (χ0n) is 25.1. The molecule has 13 atom stereocenters. The Morgan fingerprint density at radius 2 is 1.69 bits per heavy atom. The molecule has 1 heterocycles. The molecule has 1 saturated heterocycles. The van der Waals surface area contributed by atoms with Gasteiger partial charge in [0.25, 0.3) is 0 Å². The summed E-state index contributed by atoms with van der Waals surface area (Å²) in [5, 5.41) is 42.3. The molecule has 0 spiro atoms. The predicted octanol–water partition coefficient (Wildman–Crippen LogP) is 4.99. The van der Waals surface area contributed by atoms with E-state index in [9.17, 15) is 20.4 Å². The predicted molar refractivity (Wildman–Crippen MR) is 152 cm³/mol. The molecule has 0 amide bonds. The van der Waals surface area contributed by atoms with Crippen LogP contribution in [0.5, 0.6) is 0 Å². The van der Waals surface area contributed by atoms with Crippen molar-refractivity contribution in [3.63, 3.8) is 0 Å². The molecule has 0 aromatic heterocycles. The van der Waals surface area contributed by atoms with Gasteiger partial charge in [0.2, 0.25) is 0 Å². The minimum Gasteiger partial charge on any atom is -0.389 e. The minimum atomic E-state index is -1.30. The van der Waals surface area contributed by atoms with E-state index in [0.717, 1.165) is 19.3 Å². The molecular weight excluding hydrogens is 492 g/mol. The van der Waals surface area contributed by atoms with Crippen LogP contribution in [0.3, 0.4) is 0 Å². The number of aliphatic hydroxyl groups excluding tert-OH is 3. The summed E-state index contributed by atoms with van der Waals surface area (Å²) >= 11 is 0. The molecule has 5 rings (SSSR count). The highest BCUT2D eigenvalue weighted by atomic mass is 16.7. The second kappa shape index (κ2) is 10.8. The van der Waals surface area contributed by atoms with Crippen LogP contribution in [-0.2, 0) is 9.47 Å². The van der Waals surface area contributed by atoms with Crippen molar-refractivity contribution in [3.05, 3.63) is 23.8 Å². The molecule has 7 unspecified atom stereocenters. The van der Waals surface area contributed by atoms with Crippen molar-refractivity contribution in [3.8, 4) is 0 Å². The number of aliphatic hydroxyl groups is 4. The molecule has 6 nitrogen and oxygen atoms in total. The molecule has 4 fully saturated rings. The molecule has 4 aliphatic carbocycles. The molecule has 0 bridgehead atoms. The van der Waals surface area contributed by atoms with Crippen molar-refractivity contribution in [1.82, 2.24) is 0 Å². The van der Waals surface area contributed by atoms with Crippen LogP contribution in [0.15, 0.2) is 23.8 Å². The molecule has 6 heteroatoms. The van der Waals surface area contributed by atoms with E-state index in [1.165, 1.54) is 19.3 Å². The van der Waals surface area contributed by atoms with Gasteiger partial charge in [-0.3, -0.25) is 0 Å². The van der Waals surface area contributed by atoms with E-state index in [1.54, 1.807) is 5.57 Å². The fourth-order valence-corrected chi connectivity index (χ4v) is 9.29. The fourth-order valence-electron chi connectivity index (χ4n) is 9.29. The molecule has 0 aromatic rings.